The van der Waals surface area contributed by atoms with E-state index in [0.717, 1.165) is 17.7 Å². The van der Waals surface area contributed by atoms with Gasteiger partial charge in [-0.25, -0.2) is 4.79 Å². The number of carbonyl (C=O) groups excluding carboxylic acids is 5. The summed E-state index contributed by atoms with van der Waals surface area (Å²) in [5.74, 6) is -1.67. The Kier molecular flexibility index (Phi) is 5.95. The van der Waals surface area contributed by atoms with Crippen LogP contribution in [0.15, 0.2) is 24.3 Å². The highest BCUT2D eigenvalue weighted by Crippen LogP contribution is 2.35. The summed E-state index contributed by atoms with van der Waals surface area (Å²) in [5, 5.41) is 5.28. The first kappa shape index (κ1) is 20.5. The average Bonchev–Trinajstić information content (AvgIpc) is 3.24. The highest BCUT2D eigenvalue weighted by Gasteiger charge is 2.52. The molecule has 0 atom stereocenters. The number of nitrogens with one attached hydrogen (secondary N) is 2. The van der Waals surface area contributed by atoms with Gasteiger partial charge in [-0.3, -0.25) is 24.1 Å². The fraction of sp³-hybridized carbons (Fsp3) is 0.450. The van der Waals surface area contributed by atoms with Crippen LogP contribution in [0.1, 0.15) is 49.4 Å². The molecule has 1 aromatic rings. The molecule has 2 N–H and O–H groups in total. The molecule has 1 spiro atoms. The number of hydrogen-bond donors (Lipinski definition) is 2. The van der Waals surface area contributed by atoms with Gasteiger partial charge in [-0.15, -0.1) is 0 Å². The molecule has 154 valence electrons. The maximum atomic E-state index is 12.5. The number of ether oxygens (including phenoxy) is 1. The highest BCUT2D eigenvalue weighted by molar-refractivity contribution is 6.07. The van der Waals surface area contributed by atoms with Gasteiger partial charge in [0.1, 0.15) is 5.54 Å². The molecule has 2 aliphatic rings. The first-order valence-electron chi connectivity index (χ1n) is 9.51. The van der Waals surface area contributed by atoms with Gasteiger partial charge in [0.2, 0.25) is 0 Å². The molecule has 1 aliphatic carbocycles. The molecule has 2 fully saturated rings. The number of rotatable bonds is 7. The van der Waals surface area contributed by atoms with Crippen molar-refractivity contribution in [1.29, 1.82) is 0 Å². The fourth-order valence-corrected chi connectivity index (χ4v) is 3.63. The SMILES string of the molecule is CC(=O)c1cccc(NC(=O)COC(=O)CCN2C(=O)NC3(CCCC3)C2=O)c1. The Morgan fingerprint density at radius 3 is 2.62 bits per heavy atom. The van der Waals surface area contributed by atoms with Gasteiger partial charge < -0.3 is 15.4 Å². The summed E-state index contributed by atoms with van der Waals surface area (Å²) in [7, 11) is 0. The lowest BCUT2D eigenvalue weighted by molar-refractivity contribution is -0.147. The summed E-state index contributed by atoms with van der Waals surface area (Å²) in [4.78, 5) is 60.8. The van der Waals surface area contributed by atoms with E-state index < -0.39 is 30.1 Å². The van der Waals surface area contributed by atoms with Crippen LogP contribution in [0.3, 0.4) is 0 Å². The molecule has 1 saturated carbocycles. The molecule has 1 saturated heterocycles. The molecule has 9 heteroatoms. The van der Waals surface area contributed by atoms with E-state index in [-0.39, 0.29) is 24.7 Å². The molecule has 1 aliphatic heterocycles. The Balaban J connectivity index is 1.43. The van der Waals surface area contributed by atoms with Crippen molar-refractivity contribution < 1.29 is 28.7 Å². The van der Waals surface area contributed by atoms with E-state index in [4.69, 9.17) is 4.74 Å². The van der Waals surface area contributed by atoms with Crippen LogP contribution >= 0.6 is 0 Å². The number of ketones is 1. The van der Waals surface area contributed by atoms with Gasteiger partial charge in [0.25, 0.3) is 11.8 Å². The van der Waals surface area contributed by atoms with Crippen LogP contribution in [0, 0.1) is 0 Å². The molecular weight excluding hydrogens is 378 g/mol. The van der Waals surface area contributed by atoms with Crippen LogP contribution in [0.2, 0.25) is 0 Å². The number of benzene rings is 1. The van der Waals surface area contributed by atoms with E-state index in [1.165, 1.54) is 13.0 Å². The maximum Gasteiger partial charge on any atom is 0.325 e. The van der Waals surface area contributed by atoms with E-state index in [0.29, 0.717) is 24.1 Å². The Labute approximate surface area is 167 Å². The molecule has 9 nitrogen and oxygen atoms in total. The van der Waals surface area contributed by atoms with E-state index >= 15 is 0 Å². The number of amides is 4. The summed E-state index contributed by atoms with van der Waals surface area (Å²) >= 11 is 0. The van der Waals surface area contributed by atoms with Crippen LogP contribution in [0.5, 0.6) is 0 Å². The number of Topliss-reactive ketones (excluding diaryl/α,β-unsaturated/α-hetero) is 1. The minimum atomic E-state index is -0.810. The van der Waals surface area contributed by atoms with E-state index in [9.17, 15) is 24.0 Å². The molecule has 3 rings (SSSR count). The van der Waals surface area contributed by atoms with Crippen molar-refractivity contribution in [3.05, 3.63) is 29.8 Å². The Morgan fingerprint density at radius 2 is 1.93 bits per heavy atom. The van der Waals surface area contributed by atoms with Crippen LogP contribution in [-0.2, 0) is 19.1 Å². The van der Waals surface area contributed by atoms with Gasteiger partial charge in [0, 0.05) is 17.8 Å². The largest absolute Gasteiger partial charge is 0.456 e. The third kappa shape index (κ3) is 4.61. The van der Waals surface area contributed by atoms with Gasteiger partial charge in [-0.2, -0.15) is 0 Å². The first-order valence-corrected chi connectivity index (χ1v) is 9.51. The van der Waals surface area contributed by atoms with E-state index in [1.807, 2.05) is 0 Å². The number of hydrogen-bond acceptors (Lipinski definition) is 6. The number of carbonyl (C=O) groups is 5. The lowest BCUT2D eigenvalue weighted by Gasteiger charge is -2.19. The monoisotopic (exact) mass is 401 g/mol. The maximum absolute atomic E-state index is 12.5. The van der Waals surface area contributed by atoms with Crippen molar-refractivity contribution in [1.82, 2.24) is 10.2 Å². The topological polar surface area (TPSA) is 122 Å². The van der Waals surface area contributed by atoms with E-state index in [1.54, 1.807) is 18.2 Å². The molecule has 29 heavy (non-hydrogen) atoms. The molecule has 0 bridgehead atoms. The molecular formula is C20H23N3O6. The van der Waals surface area contributed by atoms with Crippen LogP contribution in [0.4, 0.5) is 10.5 Å². The number of esters is 1. The molecule has 0 aromatic heterocycles. The normalized spacial score (nSPS) is 17.3. The second-order valence-electron chi connectivity index (χ2n) is 7.27. The summed E-state index contributed by atoms with van der Waals surface area (Å²) in [6.45, 7) is 0.823. The lowest BCUT2D eigenvalue weighted by Crippen LogP contribution is -2.44. The summed E-state index contributed by atoms with van der Waals surface area (Å²) in [6, 6.07) is 5.91. The summed E-state index contributed by atoms with van der Waals surface area (Å²) < 4.78 is 4.91. The van der Waals surface area contributed by atoms with Crippen LogP contribution in [0.25, 0.3) is 0 Å². The quantitative estimate of drug-likeness (QED) is 0.407. The Bertz CT molecular complexity index is 860. The van der Waals surface area contributed by atoms with Crippen molar-refractivity contribution in [2.24, 2.45) is 0 Å². The third-order valence-electron chi connectivity index (χ3n) is 5.16. The number of imide groups is 1. The number of urea groups is 1. The zero-order valence-corrected chi connectivity index (χ0v) is 16.2. The van der Waals surface area contributed by atoms with Crippen molar-refractivity contribution >= 4 is 35.3 Å². The van der Waals surface area contributed by atoms with Gasteiger partial charge in [0.15, 0.2) is 12.4 Å². The molecule has 4 amide bonds. The Morgan fingerprint density at radius 1 is 1.21 bits per heavy atom. The summed E-state index contributed by atoms with van der Waals surface area (Å²) in [5.41, 5.74) is 0.0586. The van der Waals surface area contributed by atoms with Crippen molar-refractivity contribution in [2.45, 2.75) is 44.6 Å². The second kappa shape index (κ2) is 8.42. The van der Waals surface area contributed by atoms with Gasteiger partial charge in [-0.05, 0) is 31.9 Å². The first-order chi connectivity index (χ1) is 13.8. The third-order valence-corrected chi connectivity index (χ3v) is 5.16. The van der Waals surface area contributed by atoms with Crippen molar-refractivity contribution in [3.63, 3.8) is 0 Å². The van der Waals surface area contributed by atoms with Gasteiger partial charge >= 0.3 is 12.0 Å². The molecule has 1 heterocycles. The number of anilines is 1. The van der Waals surface area contributed by atoms with Crippen molar-refractivity contribution in [3.8, 4) is 0 Å². The molecule has 0 unspecified atom stereocenters. The van der Waals surface area contributed by atoms with Crippen LogP contribution < -0.4 is 10.6 Å². The standard InChI is InChI=1S/C20H23N3O6/c1-13(24)14-5-4-6-15(11-14)21-16(25)12-29-17(26)7-10-23-18(27)20(22-19(23)28)8-2-3-9-20/h4-6,11H,2-3,7-10,12H2,1H3,(H,21,25)(H,22,28). The van der Waals surface area contributed by atoms with Gasteiger partial charge in [0.05, 0.1) is 6.42 Å². The predicted octanol–water partition coefficient (Wildman–Crippen LogP) is 1.63. The summed E-state index contributed by atoms with van der Waals surface area (Å²) in [6.07, 6.45) is 2.80. The smallest absolute Gasteiger partial charge is 0.325 e. The second-order valence-corrected chi connectivity index (χ2v) is 7.27. The molecule has 1 aromatic carbocycles. The zero-order chi connectivity index (χ0) is 21.0. The minimum absolute atomic E-state index is 0.0898. The lowest BCUT2D eigenvalue weighted by atomic mass is 9.98. The van der Waals surface area contributed by atoms with Gasteiger partial charge in [-0.1, -0.05) is 25.0 Å². The zero-order valence-electron chi connectivity index (χ0n) is 16.2. The molecule has 0 radical (unpaired) electrons. The minimum Gasteiger partial charge on any atom is -0.456 e. The van der Waals surface area contributed by atoms with Crippen LogP contribution in [-0.4, -0.2) is 53.2 Å². The number of nitrogens with zero attached hydrogens (tertiary/aromatic N) is 1. The predicted molar refractivity (Wildman–Crippen MR) is 102 cm³/mol. The average molecular weight is 401 g/mol. The fourth-order valence-electron chi connectivity index (χ4n) is 3.63. The highest BCUT2D eigenvalue weighted by atomic mass is 16.5. The van der Waals surface area contributed by atoms with Crippen molar-refractivity contribution in [2.75, 3.05) is 18.5 Å². The van der Waals surface area contributed by atoms with E-state index in [2.05, 4.69) is 10.6 Å². The Hall–Kier alpha value is -3.23.